The summed E-state index contributed by atoms with van der Waals surface area (Å²) in [6.45, 7) is 1.72. The predicted molar refractivity (Wildman–Crippen MR) is 72.0 cm³/mol. The van der Waals surface area contributed by atoms with Gasteiger partial charge in [0.25, 0.3) is 0 Å². The van der Waals surface area contributed by atoms with Crippen LogP contribution < -0.4 is 14.2 Å². The Morgan fingerprint density at radius 1 is 0.850 bits per heavy atom. The number of hydrogen-bond donors (Lipinski definition) is 0. The maximum absolute atomic E-state index is 5.89. The minimum Gasteiger partial charge on any atom is -0.486 e. The molecule has 2 aliphatic rings. The highest BCUT2D eigenvalue weighted by molar-refractivity contribution is 5.45. The summed E-state index contributed by atoms with van der Waals surface area (Å²) in [6.07, 6.45) is -0.402. The van der Waals surface area contributed by atoms with E-state index in [4.69, 9.17) is 18.9 Å². The highest BCUT2D eigenvalue weighted by atomic mass is 16.7. The molecule has 0 amide bonds. The number of para-hydroxylation sites is 1. The average Bonchev–Trinajstić information content (AvgIpc) is 2.54. The normalized spacial score (nSPS) is 19.9. The molecule has 0 bridgehead atoms. The first-order chi connectivity index (χ1) is 9.90. The van der Waals surface area contributed by atoms with Crippen LogP contribution >= 0.6 is 0 Å². The van der Waals surface area contributed by atoms with E-state index in [1.807, 2.05) is 42.5 Å². The second kappa shape index (κ2) is 4.72. The molecule has 2 aliphatic heterocycles. The number of fused-ring (bicyclic) bond motifs is 2. The van der Waals surface area contributed by atoms with Crippen LogP contribution in [0.2, 0.25) is 0 Å². The average molecular weight is 270 g/mol. The summed E-state index contributed by atoms with van der Waals surface area (Å²) in [5.74, 6) is 2.40. The van der Waals surface area contributed by atoms with E-state index in [0.717, 1.165) is 28.4 Å². The summed E-state index contributed by atoms with van der Waals surface area (Å²) >= 11 is 0. The third-order valence-corrected chi connectivity index (χ3v) is 3.44. The van der Waals surface area contributed by atoms with Crippen LogP contribution in [0.25, 0.3) is 0 Å². The molecule has 0 radical (unpaired) electrons. The molecule has 0 aromatic heterocycles. The Bertz CT molecular complexity index is 638. The molecule has 0 saturated carbocycles. The van der Waals surface area contributed by atoms with Crippen molar-refractivity contribution in [2.45, 2.75) is 12.9 Å². The van der Waals surface area contributed by atoms with E-state index in [2.05, 4.69) is 0 Å². The number of ether oxygens (including phenoxy) is 4. The highest BCUT2D eigenvalue weighted by Gasteiger charge is 2.23. The van der Waals surface area contributed by atoms with Crippen LogP contribution in [0.1, 0.15) is 17.4 Å². The van der Waals surface area contributed by atoms with Crippen LogP contribution in [0.15, 0.2) is 42.5 Å². The summed E-state index contributed by atoms with van der Waals surface area (Å²) in [7, 11) is 0. The zero-order valence-electron chi connectivity index (χ0n) is 10.9. The number of benzene rings is 2. The van der Waals surface area contributed by atoms with Crippen molar-refractivity contribution in [1.82, 2.24) is 0 Å². The van der Waals surface area contributed by atoms with Crippen molar-refractivity contribution in [1.29, 1.82) is 0 Å². The molecule has 102 valence electrons. The molecule has 4 rings (SSSR count). The largest absolute Gasteiger partial charge is 0.486 e. The fourth-order valence-corrected chi connectivity index (χ4v) is 2.42. The van der Waals surface area contributed by atoms with Gasteiger partial charge in [-0.2, -0.15) is 0 Å². The Kier molecular flexibility index (Phi) is 2.74. The van der Waals surface area contributed by atoms with Crippen LogP contribution in [0.3, 0.4) is 0 Å². The number of hydrogen-bond acceptors (Lipinski definition) is 4. The molecule has 1 atom stereocenters. The molecule has 0 aliphatic carbocycles. The molecule has 2 aromatic carbocycles. The fourth-order valence-electron chi connectivity index (χ4n) is 2.42. The molecule has 4 nitrogen and oxygen atoms in total. The van der Waals surface area contributed by atoms with Gasteiger partial charge < -0.3 is 18.9 Å². The van der Waals surface area contributed by atoms with Crippen LogP contribution in [-0.4, -0.2) is 13.2 Å². The summed E-state index contributed by atoms with van der Waals surface area (Å²) in [4.78, 5) is 0. The van der Waals surface area contributed by atoms with E-state index < -0.39 is 6.29 Å². The minimum absolute atomic E-state index is 0.402. The van der Waals surface area contributed by atoms with Crippen LogP contribution in [0, 0.1) is 0 Å². The molecule has 0 saturated heterocycles. The van der Waals surface area contributed by atoms with Crippen molar-refractivity contribution < 1.29 is 18.9 Å². The van der Waals surface area contributed by atoms with E-state index in [1.54, 1.807) is 0 Å². The van der Waals surface area contributed by atoms with E-state index >= 15 is 0 Å². The number of rotatable bonds is 1. The third-order valence-electron chi connectivity index (χ3n) is 3.44. The summed E-state index contributed by atoms with van der Waals surface area (Å²) in [5.41, 5.74) is 2.00. The van der Waals surface area contributed by atoms with E-state index in [0.29, 0.717) is 19.8 Å². The lowest BCUT2D eigenvalue weighted by Crippen LogP contribution is -2.19. The van der Waals surface area contributed by atoms with Gasteiger partial charge in [0.2, 0.25) is 6.29 Å². The molecule has 2 heterocycles. The predicted octanol–water partition coefficient (Wildman–Crippen LogP) is 3.07. The molecule has 0 fully saturated rings. The lowest BCUT2D eigenvalue weighted by molar-refractivity contribution is -0.111. The van der Waals surface area contributed by atoms with Gasteiger partial charge in [0.05, 0.1) is 6.61 Å². The van der Waals surface area contributed by atoms with Gasteiger partial charge in [-0.25, -0.2) is 0 Å². The van der Waals surface area contributed by atoms with Gasteiger partial charge in [0, 0.05) is 11.1 Å². The first-order valence-corrected chi connectivity index (χ1v) is 6.66. The smallest absolute Gasteiger partial charge is 0.227 e. The van der Waals surface area contributed by atoms with Crippen molar-refractivity contribution in [3.05, 3.63) is 53.6 Å². The monoisotopic (exact) mass is 270 g/mol. The summed E-state index contributed by atoms with van der Waals surface area (Å²) < 4.78 is 22.8. The van der Waals surface area contributed by atoms with Crippen LogP contribution in [0.4, 0.5) is 0 Å². The molecule has 4 heteroatoms. The van der Waals surface area contributed by atoms with E-state index in [1.165, 1.54) is 0 Å². The standard InChI is InChI=1S/C16H14O4/c1-2-4-13-12(3-1)10-19-16(20-13)11-5-6-14-15(9-11)18-8-7-17-14/h1-6,9,16H,7-8,10H2. The zero-order valence-corrected chi connectivity index (χ0v) is 10.9. The van der Waals surface area contributed by atoms with Gasteiger partial charge in [0.1, 0.15) is 19.0 Å². The second-order valence-electron chi connectivity index (χ2n) is 4.77. The second-order valence-corrected chi connectivity index (χ2v) is 4.77. The van der Waals surface area contributed by atoms with Gasteiger partial charge in [-0.1, -0.05) is 18.2 Å². The Morgan fingerprint density at radius 2 is 1.70 bits per heavy atom. The SMILES string of the molecule is c1ccc2c(c1)COC(c1ccc3c(c1)OCCO3)O2. The lowest BCUT2D eigenvalue weighted by atomic mass is 10.1. The molecular weight excluding hydrogens is 256 g/mol. The first kappa shape index (κ1) is 11.6. The van der Waals surface area contributed by atoms with Gasteiger partial charge in [-0.05, 0) is 24.3 Å². The maximum atomic E-state index is 5.89. The summed E-state index contributed by atoms with van der Waals surface area (Å²) in [6, 6.07) is 13.7. The Morgan fingerprint density at radius 3 is 2.65 bits per heavy atom. The lowest BCUT2D eigenvalue weighted by Gasteiger charge is -2.27. The highest BCUT2D eigenvalue weighted by Crippen LogP contribution is 2.37. The quantitative estimate of drug-likeness (QED) is 0.798. The van der Waals surface area contributed by atoms with Gasteiger partial charge in [-0.15, -0.1) is 0 Å². The molecule has 0 N–H and O–H groups in total. The van der Waals surface area contributed by atoms with Crippen molar-refractivity contribution in [2.75, 3.05) is 13.2 Å². The van der Waals surface area contributed by atoms with E-state index in [9.17, 15) is 0 Å². The molecule has 1 unspecified atom stereocenters. The van der Waals surface area contributed by atoms with Crippen molar-refractivity contribution in [3.63, 3.8) is 0 Å². The molecule has 20 heavy (non-hydrogen) atoms. The zero-order chi connectivity index (χ0) is 13.4. The van der Waals surface area contributed by atoms with Gasteiger partial charge in [0.15, 0.2) is 11.5 Å². The van der Waals surface area contributed by atoms with Crippen molar-refractivity contribution in [2.24, 2.45) is 0 Å². The van der Waals surface area contributed by atoms with Crippen LogP contribution in [-0.2, 0) is 11.3 Å². The molecular formula is C16H14O4. The maximum Gasteiger partial charge on any atom is 0.227 e. The molecule has 2 aromatic rings. The van der Waals surface area contributed by atoms with Gasteiger partial charge in [-0.3, -0.25) is 0 Å². The van der Waals surface area contributed by atoms with Crippen LogP contribution in [0.5, 0.6) is 17.2 Å². The van der Waals surface area contributed by atoms with Gasteiger partial charge >= 0.3 is 0 Å². The third kappa shape index (κ3) is 1.98. The van der Waals surface area contributed by atoms with Crippen molar-refractivity contribution in [3.8, 4) is 17.2 Å². The molecule has 0 spiro atoms. The van der Waals surface area contributed by atoms with Crippen molar-refractivity contribution >= 4 is 0 Å². The minimum atomic E-state index is -0.402. The fraction of sp³-hybridized carbons (Fsp3) is 0.250. The Hall–Kier alpha value is -2.20. The Labute approximate surface area is 116 Å². The first-order valence-electron chi connectivity index (χ1n) is 6.66. The topological polar surface area (TPSA) is 36.9 Å². The Balaban J connectivity index is 1.63. The summed E-state index contributed by atoms with van der Waals surface area (Å²) in [5, 5.41) is 0. The van der Waals surface area contributed by atoms with E-state index in [-0.39, 0.29) is 0 Å².